The Labute approximate surface area is 112 Å². The van der Waals surface area contributed by atoms with E-state index < -0.39 is 0 Å². The zero-order chi connectivity index (χ0) is 14.3. The number of hydrogen-bond donors (Lipinski definition) is 1. The van der Waals surface area contributed by atoms with E-state index in [-0.39, 0.29) is 22.6 Å². The Bertz CT molecular complexity index is 487. The van der Waals surface area contributed by atoms with Gasteiger partial charge < -0.3 is 10.6 Å². The molecule has 0 aromatic carbocycles. The number of hydrogen-bond acceptors (Lipinski definition) is 5. The molecule has 0 radical (unpaired) electrons. The Balaban J connectivity index is 2.48. The van der Waals surface area contributed by atoms with Crippen LogP contribution in [0.5, 0.6) is 0 Å². The molecule has 0 bridgehead atoms. The van der Waals surface area contributed by atoms with Gasteiger partial charge in [0.05, 0.1) is 4.92 Å². The first-order valence-corrected chi connectivity index (χ1v) is 6.54. The topological polar surface area (TPSA) is 90.2 Å². The van der Waals surface area contributed by atoms with Crippen molar-refractivity contribution in [1.29, 1.82) is 0 Å². The smallest absolute Gasteiger partial charge is 0.334 e. The van der Waals surface area contributed by atoms with Crippen LogP contribution in [0.1, 0.15) is 32.4 Å². The molecule has 1 aliphatic heterocycles. The van der Waals surface area contributed by atoms with E-state index >= 15 is 0 Å². The standard InChI is InChI=1S/C12H21N5O2/c1-7(2)10-11(17(18)19)12(15(4)14-10)16-5-8(3)9(13)6-16/h7-9H,5-6,13H2,1-4H3. The number of nitrogens with two attached hydrogens (primary N) is 1. The molecule has 2 heterocycles. The summed E-state index contributed by atoms with van der Waals surface area (Å²) >= 11 is 0. The second kappa shape index (κ2) is 4.80. The molecule has 0 amide bonds. The van der Waals surface area contributed by atoms with Gasteiger partial charge in [0.2, 0.25) is 5.82 Å². The lowest BCUT2D eigenvalue weighted by Crippen LogP contribution is -2.29. The summed E-state index contributed by atoms with van der Waals surface area (Å²) in [6, 6.07) is 0.0528. The van der Waals surface area contributed by atoms with Crippen LogP contribution in [0.3, 0.4) is 0 Å². The number of nitrogens with zero attached hydrogens (tertiary/aromatic N) is 4. The molecule has 0 aliphatic carbocycles. The van der Waals surface area contributed by atoms with Gasteiger partial charge in [0.1, 0.15) is 5.69 Å². The van der Waals surface area contributed by atoms with Crippen molar-refractivity contribution in [3.8, 4) is 0 Å². The fraction of sp³-hybridized carbons (Fsp3) is 0.750. The van der Waals surface area contributed by atoms with Crippen molar-refractivity contribution in [1.82, 2.24) is 9.78 Å². The van der Waals surface area contributed by atoms with Gasteiger partial charge in [-0.25, -0.2) is 4.68 Å². The molecule has 2 rings (SSSR count). The first-order valence-electron chi connectivity index (χ1n) is 6.54. The van der Waals surface area contributed by atoms with Gasteiger partial charge in [0.25, 0.3) is 0 Å². The summed E-state index contributed by atoms with van der Waals surface area (Å²) in [6.07, 6.45) is 0. The third kappa shape index (κ3) is 2.30. The second-order valence-corrected chi connectivity index (χ2v) is 5.64. The van der Waals surface area contributed by atoms with Gasteiger partial charge in [-0.05, 0) is 5.92 Å². The number of anilines is 1. The molecule has 1 aliphatic rings. The maximum absolute atomic E-state index is 11.4. The molecule has 19 heavy (non-hydrogen) atoms. The van der Waals surface area contributed by atoms with Crippen molar-refractivity contribution in [2.45, 2.75) is 32.7 Å². The van der Waals surface area contributed by atoms with Crippen molar-refractivity contribution in [3.05, 3.63) is 15.8 Å². The molecule has 7 nitrogen and oxygen atoms in total. The number of nitro groups is 1. The summed E-state index contributed by atoms with van der Waals surface area (Å²) in [6.45, 7) is 7.27. The molecule has 1 aromatic heterocycles. The van der Waals surface area contributed by atoms with E-state index in [0.717, 1.165) is 6.54 Å². The SMILES string of the molecule is CC(C)c1nn(C)c(N2CC(C)C(N)C2)c1[N+](=O)[O-]. The Morgan fingerprint density at radius 1 is 1.47 bits per heavy atom. The van der Waals surface area contributed by atoms with Gasteiger partial charge in [-0.1, -0.05) is 20.8 Å². The van der Waals surface area contributed by atoms with E-state index in [1.165, 1.54) is 0 Å². The summed E-state index contributed by atoms with van der Waals surface area (Å²) < 4.78 is 1.61. The Morgan fingerprint density at radius 3 is 2.53 bits per heavy atom. The van der Waals surface area contributed by atoms with E-state index in [1.807, 2.05) is 18.7 Å². The molecule has 7 heteroatoms. The van der Waals surface area contributed by atoms with Gasteiger partial charge in [0, 0.05) is 32.1 Å². The minimum absolute atomic E-state index is 0.0223. The minimum Gasteiger partial charge on any atom is -0.349 e. The van der Waals surface area contributed by atoms with Crippen molar-refractivity contribution < 1.29 is 4.92 Å². The van der Waals surface area contributed by atoms with Crippen LogP contribution in [0.2, 0.25) is 0 Å². The minimum atomic E-state index is -0.327. The molecule has 106 valence electrons. The van der Waals surface area contributed by atoms with E-state index in [9.17, 15) is 10.1 Å². The van der Waals surface area contributed by atoms with E-state index in [1.54, 1.807) is 11.7 Å². The van der Waals surface area contributed by atoms with E-state index in [2.05, 4.69) is 12.0 Å². The molecule has 1 fully saturated rings. The third-order valence-electron chi connectivity index (χ3n) is 3.72. The fourth-order valence-electron chi connectivity index (χ4n) is 2.61. The normalized spacial score (nSPS) is 23.4. The van der Waals surface area contributed by atoms with Crippen LogP contribution in [-0.4, -0.2) is 33.8 Å². The summed E-state index contributed by atoms with van der Waals surface area (Å²) in [4.78, 5) is 13.0. The van der Waals surface area contributed by atoms with Crippen molar-refractivity contribution in [2.24, 2.45) is 18.7 Å². The van der Waals surface area contributed by atoms with Crippen LogP contribution in [0.15, 0.2) is 0 Å². The monoisotopic (exact) mass is 267 g/mol. The highest BCUT2D eigenvalue weighted by molar-refractivity contribution is 5.63. The van der Waals surface area contributed by atoms with Crippen molar-refractivity contribution in [2.75, 3.05) is 18.0 Å². The van der Waals surface area contributed by atoms with Gasteiger partial charge in [-0.2, -0.15) is 5.10 Å². The highest BCUT2D eigenvalue weighted by Crippen LogP contribution is 2.37. The van der Waals surface area contributed by atoms with E-state index in [4.69, 9.17) is 5.73 Å². The molecular weight excluding hydrogens is 246 g/mol. The van der Waals surface area contributed by atoms with Gasteiger partial charge in [-0.3, -0.25) is 10.1 Å². The average Bonchev–Trinajstić information content (AvgIpc) is 2.80. The van der Waals surface area contributed by atoms with Crippen LogP contribution >= 0.6 is 0 Å². The largest absolute Gasteiger partial charge is 0.349 e. The number of rotatable bonds is 3. The van der Waals surface area contributed by atoms with Crippen LogP contribution in [0, 0.1) is 16.0 Å². The molecule has 2 atom stereocenters. The van der Waals surface area contributed by atoms with Crippen LogP contribution in [0.25, 0.3) is 0 Å². The predicted octanol–water partition coefficient (Wildman–Crippen LogP) is 1.24. The predicted molar refractivity (Wildman–Crippen MR) is 73.3 cm³/mol. The van der Waals surface area contributed by atoms with Crippen molar-refractivity contribution >= 4 is 11.5 Å². The summed E-state index contributed by atoms with van der Waals surface area (Å²) in [5.74, 6) is 0.930. The molecule has 1 saturated heterocycles. The lowest BCUT2D eigenvalue weighted by molar-refractivity contribution is -0.385. The molecule has 2 unspecified atom stereocenters. The highest BCUT2D eigenvalue weighted by Gasteiger charge is 2.36. The summed E-state index contributed by atoms with van der Waals surface area (Å²) in [7, 11) is 1.75. The third-order valence-corrected chi connectivity index (χ3v) is 3.72. The Kier molecular flexibility index (Phi) is 3.49. The highest BCUT2D eigenvalue weighted by atomic mass is 16.6. The second-order valence-electron chi connectivity index (χ2n) is 5.64. The zero-order valence-electron chi connectivity index (χ0n) is 11.8. The lowest BCUT2D eigenvalue weighted by Gasteiger charge is -2.17. The molecular formula is C12H21N5O2. The van der Waals surface area contributed by atoms with Gasteiger partial charge in [-0.15, -0.1) is 0 Å². The number of aromatic nitrogens is 2. The van der Waals surface area contributed by atoms with Crippen LogP contribution in [0.4, 0.5) is 11.5 Å². The van der Waals surface area contributed by atoms with Gasteiger partial charge in [0.15, 0.2) is 0 Å². The molecule has 1 aromatic rings. The van der Waals surface area contributed by atoms with Gasteiger partial charge >= 0.3 is 5.69 Å². The fourth-order valence-corrected chi connectivity index (χ4v) is 2.61. The zero-order valence-corrected chi connectivity index (χ0v) is 11.8. The van der Waals surface area contributed by atoms with E-state index in [0.29, 0.717) is 24.0 Å². The summed E-state index contributed by atoms with van der Waals surface area (Å²) in [5.41, 5.74) is 6.67. The average molecular weight is 267 g/mol. The Morgan fingerprint density at radius 2 is 2.11 bits per heavy atom. The maximum atomic E-state index is 11.4. The first kappa shape index (κ1) is 13.8. The quantitative estimate of drug-likeness (QED) is 0.657. The first-order chi connectivity index (χ1) is 8.82. The Hall–Kier alpha value is -1.63. The van der Waals surface area contributed by atoms with Crippen LogP contribution < -0.4 is 10.6 Å². The van der Waals surface area contributed by atoms with Crippen LogP contribution in [-0.2, 0) is 7.05 Å². The number of aryl methyl sites for hydroxylation is 1. The molecule has 2 N–H and O–H groups in total. The summed E-state index contributed by atoms with van der Waals surface area (Å²) in [5, 5.41) is 15.7. The lowest BCUT2D eigenvalue weighted by atomic mass is 10.1. The molecule has 0 spiro atoms. The van der Waals surface area contributed by atoms with Crippen molar-refractivity contribution in [3.63, 3.8) is 0 Å². The molecule has 0 saturated carbocycles. The maximum Gasteiger partial charge on any atom is 0.334 e.